The molecule has 1 aromatic carbocycles. The van der Waals surface area contributed by atoms with Crippen molar-refractivity contribution in [3.8, 4) is 0 Å². The normalized spacial score (nSPS) is 17.2. The van der Waals surface area contributed by atoms with Crippen LogP contribution in [0, 0.1) is 11.3 Å². The Morgan fingerprint density at radius 2 is 1.92 bits per heavy atom. The van der Waals surface area contributed by atoms with Crippen LogP contribution in [0.2, 0.25) is 0 Å². The molecule has 148 valence electrons. The van der Waals surface area contributed by atoms with E-state index in [9.17, 15) is 4.21 Å². The molecule has 1 aliphatic carbocycles. The zero-order valence-electron chi connectivity index (χ0n) is 16.3. The second-order valence-corrected chi connectivity index (χ2v) is 9.15. The Bertz CT molecular complexity index is 574. The standard InChI is InChI=1S/C20H33N3OS.HI/c1-17(2)14-20(10-7-11-20)16-23-19(21-3)22-12-13-25(24)15-18-8-5-4-6-9-18;/h4-6,8-9,17H,7,10-16H2,1-3H3,(H2,21,22,23);1H. The van der Waals surface area contributed by atoms with E-state index in [0.717, 1.165) is 24.0 Å². The van der Waals surface area contributed by atoms with Crippen molar-refractivity contribution in [3.63, 3.8) is 0 Å². The molecule has 1 atom stereocenters. The van der Waals surface area contributed by atoms with E-state index < -0.39 is 10.8 Å². The lowest BCUT2D eigenvalue weighted by Crippen LogP contribution is -2.47. The van der Waals surface area contributed by atoms with Gasteiger partial charge in [-0.25, -0.2) is 0 Å². The van der Waals surface area contributed by atoms with Gasteiger partial charge in [0.2, 0.25) is 0 Å². The Morgan fingerprint density at radius 1 is 1.23 bits per heavy atom. The molecule has 6 heteroatoms. The van der Waals surface area contributed by atoms with Gasteiger partial charge in [-0.15, -0.1) is 24.0 Å². The van der Waals surface area contributed by atoms with Gasteiger partial charge >= 0.3 is 0 Å². The molecule has 2 rings (SSSR count). The highest BCUT2D eigenvalue weighted by molar-refractivity contribution is 14.0. The van der Waals surface area contributed by atoms with Gasteiger partial charge in [0.1, 0.15) is 0 Å². The minimum Gasteiger partial charge on any atom is -0.356 e. The summed E-state index contributed by atoms with van der Waals surface area (Å²) in [5.41, 5.74) is 1.58. The van der Waals surface area contributed by atoms with Crippen LogP contribution in [-0.2, 0) is 16.6 Å². The Balaban J connectivity index is 0.00000338. The van der Waals surface area contributed by atoms with Gasteiger partial charge in [-0.2, -0.15) is 0 Å². The molecule has 0 heterocycles. The number of aliphatic imine (C=N–C) groups is 1. The monoisotopic (exact) mass is 491 g/mol. The largest absolute Gasteiger partial charge is 0.356 e. The van der Waals surface area contributed by atoms with E-state index in [1.54, 1.807) is 7.05 Å². The fourth-order valence-electron chi connectivity index (χ4n) is 3.60. The first-order valence-corrected chi connectivity index (χ1v) is 10.9. The van der Waals surface area contributed by atoms with Gasteiger partial charge in [-0.05, 0) is 36.2 Å². The predicted octanol–water partition coefficient (Wildman–Crippen LogP) is 3.93. The summed E-state index contributed by atoms with van der Waals surface area (Å²) >= 11 is 0. The molecular weight excluding hydrogens is 457 g/mol. The summed E-state index contributed by atoms with van der Waals surface area (Å²) in [6, 6.07) is 10.0. The Hall–Kier alpha value is -0.630. The van der Waals surface area contributed by atoms with Crippen LogP contribution in [0.4, 0.5) is 0 Å². The Morgan fingerprint density at radius 3 is 2.46 bits per heavy atom. The molecule has 0 aromatic heterocycles. The van der Waals surface area contributed by atoms with Crippen molar-refractivity contribution < 1.29 is 4.21 Å². The van der Waals surface area contributed by atoms with E-state index in [2.05, 4.69) is 29.5 Å². The Labute approximate surface area is 178 Å². The van der Waals surface area contributed by atoms with Crippen molar-refractivity contribution in [2.45, 2.75) is 45.3 Å². The van der Waals surface area contributed by atoms with Crippen molar-refractivity contribution in [2.75, 3.05) is 25.9 Å². The van der Waals surface area contributed by atoms with E-state index in [-0.39, 0.29) is 24.0 Å². The molecule has 1 fully saturated rings. The SMILES string of the molecule is CN=C(NCCS(=O)Cc1ccccc1)NCC1(CC(C)C)CCC1.I. The smallest absolute Gasteiger partial charge is 0.191 e. The number of guanidine groups is 1. The first-order chi connectivity index (χ1) is 12.0. The zero-order chi connectivity index (χ0) is 18.1. The number of rotatable bonds is 9. The lowest BCUT2D eigenvalue weighted by atomic mass is 9.64. The third kappa shape index (κ3) is 7.94. The number of hydrogen-bond acceptors (Lipinski definition) is 2. The molecule has 2 N–H and O–H groups in total. The number of nitrogens with zero attached hydrogens (tertiary/aromatic N) is 1. The van der Waals surface area contributed by atoms with E-state index in [1.807, 2.05) is 30.3 Å². The summed E-state index contributed by atoms with van der Waals surface area (Å²) in [5, 5.41) is 6.79. The molecule has 1 aromatic rings. The third-order valence-corrected chi connectivity index (χ3v) is 6.22. The molecule has 1 saturated carbocycles. The van der Waals surface area contributed by atoms with E-state index in [4.69, 9.17) is 0 Å². The molecule has 0 bridgehead atoms. The minimum absolute atomic E-state index is 0. The first-order valence-electron chi connectivity index (χ1n) is 9.36. The number of benzene rings is 1. The molecule has 1 aliphatic rings. The van der Waals surface area contributed by atoms with Crippen molar-refractivity contribution in [2.24, 2.45) is 16.3 Å². The van der Waals surface area contributed by atoms with Crippen LogP contribution < -0.4 is 10.6 Å². The molecule has 0 radical (unpaired) electrons. The van der Waals surface area contributed by atoms with Crippen LogP contribution in [0.5, 0.6) is 0 Å². The van der Waals surface area contributed by atoms with Crippen LogP contribution in [0.3, 0.4) is 0 Å². The van der Waals surface area contributed by atoms with Gasteiger partial charge in [-0.1, -0.05) is 50.6 Å². The van der Waals surface area contributed by atoms with Crippen LogP contribution >= 0.6 is 24.0 Å². The van der Waals surface area contributed by atoms with Crippen LogP contribution in [0.15, 0.2) is 35.3 Å². The molecule has 1 unspecified atom stereocenters. The van der Waals surface area contributed by atoms with Gasteiger partial charge in [0.25, 0.3) is 0 Å². The van der Waals surface area contributed by atoms with Crippen molar-refractivity contribution >= 4 is 40.7 Å². The molecule has 0 aliphatic heterocycles. The summed E-state index contributed by atoms with van der Waals surface area (Å²) in [6.07, 6.45) is 5.25. The van der Waals surface area contributed by atoms with Gasteiger partial charge < -0.3 is 10.6 Å². The fraction of sp³-hybridized carbons (Fsp3) is 0.650. The summed E-state index contributed by atoms with van der Waals surface area (Å²) in [5.74, 6) is 2.81. The zero-order valence-corrected chi connectivity index (χ0v) is 19.4. The quantitative estimate of drug-likeness (QED) is 0.313. The molecule has 4 nitrogen and oxygen atoms in total. The third-order valence-electron chi connectivity index (χ3n) is 4.90. The van der Waals surface area contributed by atoms with Crippen molar-refractivity contribution in [1.82, 2.24) is 10.6 Å². The highest BCUT2D eigenvalue weighted by Crippen LogP contribution is 2.45. The maximum atomic E-state index is 12.2. The summed E-state index contributed by atoms with van der Waals surface area (Å²) in [7, 11) is 0.944. The van der Waals surface area contributed by atoms with Crippen LogP contribution in [0.25, 0.3) is 0 Å². The minimum atomic E-state index is -0.854. The average Bonchev–Trinajstić information content (AvgIpc) is 2.55. The highest BCUT2D eigenvalue weighted by Gasteiger charge is 2.37. The second-order valence-electron chi connectivity index (χ2n) is 7.58. The second kappa shape index (κ2) is 12.0. The number of hydrogen-bond donors (Lipinski definition) is 2. The Kier molecular flexibility index (Phi) is 10.8. The summed E-state index contributed by atoms with van der Waals surface area (Å²) < 4.78 is 12.2. The average molecular weight is 491 g/mol. The molecule has 0 amide bonds. The lowest BCUT2D eigenvalue weighted by molar-refractivity contribution is 0.104. The van der Waals surface area contributed by atoms with Gasteiger partial charge in [0, 0.05) is 42.4 Å². The molecule has 0 saturated heterocycles. The topological polar surface area (TPSA) is 53.5 Å². The van der Waals surface area contributed by atoms with Gasteiger partial charge in [0.05, 0.1) is 0 Å². The van der Waals surface area contributed by atoms with Crippen LogP contribution in [-0.4, -0.2) is 36.1 Å². The van der Waals surface area contributed by atoms with Gasteiger partial charge in [-0.3, -0.25) is 9.20 Å². The number of halogens is 1. The maximum Gasteiger partial charge on any atom is 0.191 e. The molecular formula is C20H34IN3OS. The van der Waals surface area contributed by atoms with E-state index >= 15 is 0 Å². The van der Waals surface area contributed by atoms with E-state index in [0.29, 0.717) is 23.5 Å². The lowest BCUT2D eigenvalue weighted by Gasteiger charge is -2.43. The highest BCUT2D eigenvalue weighted by atomic mass is 127. The summed E-state index contributed by atoms with van der Waals surface area (Å²) in [4.78, 5) is 4.30. The fourth-order valence-corrected chi connectivity index (χ4v) is 4.64. The van der Waals surface area contributed by atoms with Crippen molar-refractivity contribution in [1.29, 1.82) is 0 Å². The predicted molar refractivity (Wildman–Crippen MR) is 124 cm³/mol. The first kappa shape index (κ1) is 23.4. The van der Waals surface area contributed by atoms with E-state index in [1.165, 1.54) is 25.7 Å². The molecule has 26 heavy (non-hydrogen) atoms. The van der Waals surface area contributed by atoms with Crippen molar-refractivity contribution in [3.05, 3.63) is 35.9 Å². The van der Waals surface area contributed by atoms with Gasteiger partial charge in [0.15, 0.2) is 5.96 Å². The molecule has 0 spiro atoms. The number of nitrogens with one attached hydrogen (secondary N) is 2. The summed E-state index contributed by atoms with van der Waals surface area (Å²) in [6.45, 7) is 6.26. The van der Waals surface area contributed by atoms with Crippen LogP contribution in [0.1, 0.15) is 45.1 Å². The maximum absolute atomic E-state index is 12.2.